The van der Waals surface area contributed by atoms with Gasteiger partial charge in [0.05, 0.1) is 12.8 Å². The Morgan fingerprint density at radius 3 is 2.66 bits per heavy atom. The number of aromatic nitrogens is 4. The third kappa shape index (κ3) is 7.80. The predicted octanol–water partition coefficient (Wildman–Crippen LogP) is 1.69. The molecule has 0 spiro atoms. The molecule has 0 saturated carbocycles. The Kier molecular flexibility index (Phi) is 9.71. The Morgan fingerprint density at radius 2 is 1.87 bits per heavy atom. The van der Waals surface area contributed by atoms with E-state index in [9.17, 15) is 9.59 Å². The maximum atomic E-state index is 12.4. The van der Waals surface area contributed by atoms with Crippen LogP contribution >= 0.6 is 11.6 Å². The first-order valence-corrected chi connectivity index (χ1v) is 12.8. The van der Waals surface area contributed by atoms with Crippen LogP contribution in [0, 0.1) is 0 Å². The van der Waals surface area contributed by atoms with Gasteiger partial charge in [-0.25, -0.2) is 15.0 Å². The van der Waals surface area contributed by atoms with Gasteiger partial charge in [0.15, 0.2) is 0 Å². The Bertz CT molecular complexity index is 1260. The number of ether oxygens (including phenoxy) is 1. The van der Waals surface area contributed by atoms with Crippen molar-refractivity contribution in [3.63, 3.8) is 0 Å². The molecule has 3 aromatic rings. The minimum atomic E-state index is -0.305. The summed E-state index contributed by atoms with van der Waals surface area (Å²) in [6.45, 7) is 6.08. The number of nitrogens with zero attached hydrogens (tertiary/aromatic N) is 5. The summed E-state index contributed by atoms with van der Waals surface area (Å²) in [6, 6.07) is 8.60. The number of amides is 1. The molecule has 2 aromatic heterocycles. The fourth-order valence-electron chi connectivity index (χ4n) is 4.10. The van der Waals surface area contributed by atoms with Crippen LogP contribution in [-0.2, 0) is 0 Å². The molecule has 0 radical (unpaired) electrons. The lowest BCUT2D eigenvalue weighted by Crippen LogP contribution is -2.47. The van der Waals surface area contributed by atoms with Crippen LogP contribution in [0.3, 0.4) is 0 Å². The minimum absolute atomic E-state index is 0.245. The zero-order valence-electron chi connectivity index (χ0n) is 21.2. The van der Waals surface area contributed by atoms with Gasteiger partial charge in [0.25, 0.3) is 11.5 Å². The fraction of sp³-hybridized carbons (Fsp3) is 0.400. The number of carbonyl (C=O) groups excluding carboxylic acids is 1. The highest BCUT2D eigenvalue weighted by Gasteiger charge is 2.19. The number of piperazine rings is 1. The van der Waals surface area contributed by atoms with Crippen LogP contribution in [0.15, 0.2) is 47.5 Å². The quantitative estimate of drug-likeness (QED) is 0.250. The van der Waals surface area contributed by atoms with Crippen molar-refractivity contribution < 1.29 is 9.53 Å². The largest absolute Gasteiger partial charge is 0.495 e. The maximum Gasteiger partial charge on any atom is 0.270 e. The Balaban J connectivity index is 1.14. The highest BCUT2D eigenvalue weighted by Crippen LogP contribution is 2.31. The van der Waals surface area contributed by atoms with E-state index in [1.165, 1.54) is 12.3 Å². The van der Waals surface area contributed by atoms with Crippen molar-refractivity contribution in [2.24, 2.45) is 0 Å². The normalized spacial score (nSPS) is 13.7. The van der Waals surface area contributed by atoms with Crippen LogP contribution in [0.2, 0.25) is 5.02 Å². The van der Waals surface area contributed by atoms with Gasteiger partial charge in [0.1, 0.15) is 11.4 Å². The molecule has 1 aliphatic heterocycles. The van der Waals surface area contributed by atoms with E-state index in [1.54, 1.807) is 19.4 Å². The summed E-state index contributed by atoms with van der Waals surface area (Å²) in [4.78, 5) is 43.5. The van der Waals surface area contributed by atoms with Crippen LogP contribution < -0.4 is 31.1 Å². The van der Waals surface area contributed by atoms with E-state index in [4.69, 9.17) is 16.3 Å². The third-order valence-electron chi connectivity index (χ3n) is 6.05. The molecular formula is C25H32ClN9O3. The SMILES string of the molecule is COc1ccc(Cl)cc1N1CCN(CCCNc2nccc(C(=O)NCCNc3nccc(=O)[nH]3)n2)CC1. The second-order valence-electron chi connectivity index (χ2n) is 8.66. The van der Waals surface area contributed by atoms with E-state index in [0.29, 0.717) is 36.6 Å². The number of carbonyl (C=O) groups is 1. The number of H-pyrrole nitrogens is 1. The zero-order chi connectivity index (χ0) is 26.7. The molecule has 13 heteroatoms. The molecule has 12 nitrogen and oxygen atoms in total. The standard InChI is InChI=1S/C25H32ClN9O3/c1-38-21-4-3-18(26)17-20(21)35-15-13-34(14-16-35)12-2-7-28-24-29-8-5-19(32-24)23(37)27-10-11-31-25-30-9-6-22(36)33-25/h3-6,8-9,17H,2,7,10-16H2,1H3,(H,27,37)(H,28,29,32)(H2,30,31,33,36). The first kappa shape index (κ1) is 27.1. The second kappa shape index (κ2) is 13.6. The molecule has 1 amide bonds. The number of anilines is 3. The summed E-state index contributed by atoms with van der Waals surface area (Å²) in [7, 11) is 1.68. The van der Waals surface area contributed by atoms with Gasteiger partial charge in [-0.3, -0.25) is 19.5 Å². The van der Waals surface area contributed by atoms with E-state index in [2.05, 4.69) is 45.7 Å². The average Bonchev–Trinajstić information content (AvgIpc) is 2.94. The molecule has 38 heavy (non-hydrogen) atoms. The average molecular weight is 542 g/mol. The Morgan fingerprint density at radius 1 is 1.05 bits per heavy atom. The van der Waals surface area contributed by atoms with Crippen molar-refractivity contribution in [1.82, 2.24) is 30.2 Å². The van der Waals surface area contributed by atoms with Crippen LogP contribution in [0.5, 0.6) is 5.75 Å². The van der Waals surface area contributed by atoms with Crippen LogP contribution in [0.1, 0.15) is 16.9 Å². The number of methoxy groups -OCH3 is 1. The number of halogens is 1. The summed E-state index contributed by atoms with van der Waals surface area (Å²) < 4.78 is 5.49. The highest BCUT2D eigenvalue weighted by molar-refractivity contribution is 6.30. The van der Waals surface area contributed by atoms with E-state index in [0.717, 1.165) is 50.6 Å². The maximum absolute atomic E-state index is 12.4. The Labute approximate surface area is 225 Å². The highest BCUT2D eigenvalue weighted by atomic mass is 35.5. The molecule has 0 aliphatic carbocycles. The molecule has 4 rings (SSSR count). The van der Waals surface area contributed by atoms with Crippen molar-refractivity contribution in [2.75, 3.05) is 75.0 Å². The molecule has 1 saturated heterocycles. The van der Waals surface area contributed by atoms with E-state index in [-0.39, 0.29) is 17.2 Å². The van der Waals surface area contributed by atoms with Crippen LogP contribution in [0.4, 0.5) is 17.6 Å². The van der Waals surface area contributed by atoms with Gasteiger partial charge in [-0.05, 0) is 37.2 Å². The predicted molar refractivity (Wildman–Crippen MR) is 147 cm³/mol. The van der Waals surface area contributed by atoms with E-state index in [1.807, 2.05) is 18.2 Å². The number of nitrogens with one attached hydrogen (secondary N) is 4. The summed E-state index contributed by atoms with van der Waals surface area (Å²) in [6.07, 6.45) is 3.89. The van der Waals surface area contributed by atoms with E-state index >= 15 is 0 Å². The first-order chi connectivity index (χ1) is 18.5. The van der Waals surface area contributed by atoms with E-state index < -0.39 is 0 Å². The van der Waals surface area contributed by atoms with Gasteiger partial charge < -0.3 is 25.6 Å². The molecule has 3 heterocycles. The van der Waals surface area contributed by atoms with Crippen LogP contribution in [0.25, 0.3) is 0 Å². The van der Waals surface area contributed by atoms with Gasteiger partial charge in [-0.1, -0.05) is 11.6 Å². The zero-order valence-corrected chi connectivity index (χ0v) is 22.0. The third-order valence-corrected chi connectivity index (χ3v) is 6.29. The smallest absolute Gasteiger partial charge is 0.270 e. The number of rotatable bonds is 12. The van der Waals surface area contributed by atoms with Gasteiger partial charge in [-0.2, -0.15) is 0 Å². The van der Waals surface area contributed by atoms with Crippen molar-refractivity contribution >= 4 is 35.1 Å². The lowest BCUT2D eigenvalue weighted by atomic mass is 10.2. The molecule has 0 atom stereocenters. The topological polar surface area (TPSA) is 140 Å². The Hall–Kier alpha value is -3.90. The van der Waals surface area contributed by atoms with Crippen molar-refractivity contribution in [1.29, 1.82) is 0 Å². The minimum Gasteiger partial charge on any atom is -0.495 e. The van der Waals surface area contributed by atoms with Crippen LogP contribution in [-0.4, -0.2) is 90.2 Å². The fourth-order valence-corrected chi connectivity index (χ4v) is 4.27. The number of hydrogen-bond donors (Lipinski definition) is 4. The number of hydrogen-bond acceptors (Lipinski definition) is 10. The molecule has 202 valence electrons. The lowest BCUT2D eigenvalue weighted by molar-refractivity contribution is 0.0950. The summed E-state index contributed by atoms with van der Waals surface area (Å²) in [5.74, 6) is 1.30. The monoisotopic (exact) mass is 541 g/mol. The summed E-state index contributed by atoms with van der Waals surface area (Å²) in [5.41, 5.74) is 1.06. The number of aromatic amines is 1. The van der Waals surface area contributed by atoms with Gasteiger partial charge in [-0.15, -0.1) is 0 Å². The second-order valence-corrected chi connectivity index (χ2v) is 9.09. The summed E-state index contributed by atoms with van der Waals surface area (Å²) in [5, 5.41) is 9.63. The molecular weight excluding hydrogens is 510 g/mol. The van der Waals surface area contributed by atoms with Gasteiger partial charge in [0, 0.05) is 69.3 Å². The molecule has 4 N–H and O–H groups in total. The van der Waals surface area contributed by atoms with Crippen molar-refractivity contribution in [3.8, 4) is 5.75 Å². The van der Waals surface area contributed by atoms with Crippen molar-refractivity contribution in [3.05, 3.63) is 63.8 Å². The van der Waals surface area contributed by atoms with Gasteiger partial charge in [0.2, 0.25) is 11.9 Å². The first-order valence-electron chi connectivity index (χ1n) is 12.5. The van der Waals surface area contributed by atoms with Crippen molar-refractivity contribution in [2.45, 2.75) is 6.42 Å². The van der Waals surface area contributed by atoms with Gasteiger partial charge >= 0.3 is 0 Å². The molecule has 0 bridgehead atoms. The number of benzene rings is 1. The summed E-state index contributed by atoms with van der Waals surface area (Å²) >= 11 is 6.19. The molecule has 1 aromatic carbocycles. The lowest BCUT2D eigenvalue weighted by Gasteiger charge is -2.36. The molecule has 0 unspecified atom stereocenters. The molecule has 1 fully saturated rings. The molecule has 1 aliphatic rings.